The average molecular weight is 262 g/mol. The molecule has 2 rings (SSSR count). The Hall–Kier alpha value is -1.42. The minimum absolute atomic E-state index is 0.321. The van der Waals surface area contributed by atoms with E-state index in [1.165, 1.54) is 5.56 Å². The lowest BCUT2D eigenvalue weighted by molar-refractivity contribution is -0.139. The monoisotopic (exact) mass is 262 g/mol. The summed E-state index contributed by atoms with van der Waals surface area (Å²) in [4.78, 5) is 17.3. The van der Waals surface area contributed by atoms with E-state index in [-0.39, 0.29) is 0 Å². The van der Waals surface area contributed by atoms with Gasteiger partial charge >= 0.3 is 5.97 Å². The van der Waals surface area contributed by atoms with Gasteiger partial charge in [0.05, 0.1) is 0 Å². The van der Waals surface area contributed by atoms with Crippen LogP contribution >= 0.6 is 0 Å². The van der Waals surface area contributed by atoms with Crippen molar-refractivity contribution in [1.82, 2.24) is 9.88 Å². The van der Waals surface area contributed by atoms with Crippen LogP contribution in [0.15, 0.2) is 24.5 Å². The summed E-state index contributed by atoms with van der Waals surface area (Å²) in [6.45, 7) is 5.11. The summed E-state index contributed by atoms with van der Waals surface area (Å²) in [5.41, 5.74) is 1.28. The zero-order valence-corrected chi connectivity index (χ0v) is 11.5. The predicted molar refractivity (Wildman–Crippen MR) is 73.7 cm³/mol. The molecule has 0 unspecified atom stereocenters. The number of nitrogens with zero attached hydrogens (tertiary/aromatic N) is 2. The number of likely N-dealkylation sites (tertiary alicyclic amines) is 1. The van der Waals surface area contributed by atoms with E-state index < -0.39 is 5.97 Å². The van der Waals surface area contributed by atoms with E-state index in [4.69, 9.17) is 5.11 Å². The highest BCUT2D eigenvalue weighted by molar-refractivity contribution is 5.67. The van der Waals surface area contributed by atoms with Gasteiger partial charge in [-0.1, -0.05) is 13.3 Å². The molecule has 104 valence electrons. The first-order valence-corrected chi connectivity index (χ1v) is 7.02. The van der Waals surface area contributed by atoms with E-state index in [0.717, 1.165) is 32.5 Å². The molecule has 1 saturated heterocycles. The average Bonchev–Trinajstić information content (AvgIpc) is 2.41. The van der Waals surface area contributed by atoms with Crippen LogP contribution in [0.2, 0.25) is 0 Å². The molecule has 1 aromatic heterocycles. The van der Waals surface area contributed by atoms with Crippen molar-refractivity contribution in [2.24, 2.45) is 11.8 Å². The van der Waals surface area contributed by atoms with Gasteiger partial charge < -0.3 is 5.11 Å². The minimum Gasteiger partial charge on any atom is -0.481 e. The van der Waals surface area contributed by atoms with Crippen molar-refractivity contribution in [2.45, 2.75) is 32.7 Å². The molecule has 0 aromatic carbocycles. The third-order valence-corrected chi connectivity index (χ3v) is 4.09. The maximum absolute atomic E-state index is 10.9. The Balaban J connectivity index is 1.91. The molecule has 1 aromatic rings. The predicted octanol–water partition coefficient (Wildman–Crippen LogP) is 2.40. The topological polar surface area (TPSA) is 53.4 Å². The number of pyridine rings is 1. The normalized spacial score (nSPS) is 24.3. The highest BCUT2D eigenvalue weighted by Crippen LogP contribution is 2.29. The van der Waals surface area contributed by atoms with Crippen LogP contribution in [0.1, 0.15) is 31.7 Å². The van der Waals surface area contributed by atoms with E-state index in [9.17, 15) is 4.79 Å². The molecule has 2 heterocycles. The number of hydrogen-bond acceptors (Lipinski definition) is 3. The maximum Gasteiger partial charge on any atom is 0.303 e. The van der Waals surface area contributed by atoms with Crippen molar-refractivity contribution >= 4 is 5.97 Å². The molecule has 0 radical (unpaired) electrons. The molecule has 1 N–H and O–H groups in total. The second-order valence-corrected chi connectivity index (χ2v) is 5.41. The molecule has 1 aliphatic heterocycles. The quantitative estimate of drug-likeness (QED) is 0.885. The fraction of sp³-hybridized carbons (Fsp3) is 0.600. The van der Waals surface area contributed by atoms with Crippen LogP contribution in [-0.2, 0) is 11.3 Å². The number of rotatable bonds is 5. The Bertz CT molecular complexity index is 408. The van der Waals surface area contributed by atoms with Gasteiger partial charge in [0.2, 0.25) is 0 Å². The summed E-state index contributed by atoms with van der Waals surface area (Å²) < 4.78 is 0. The van der Waals surface area contributed by atoms with Crippen LogP contribution in [0.5, 0.6) is 0 Å². The maximum atomic E-state index is 10.9. The summed E-state index contributed by atoms with van der Waals surface area (Å²) in [5.74, 6) is 0.189. The highest BCUT2D eigenvalue weighted by Gasteiger charge is 2.29. The number of aliphatic carboxylic acids is 1. The van der Waals surface area contributed by atoms with Crippen LogP contribution in [0, 0.1) is 11.8 Å². The Morgan fingerprint density at radius 3 is 2.79 bits per heavy atom. The fourth-order valence-electron chi connectivity index (χ4n) is 3.00. The number of piperidine rings is 1. The second-order valence-electron chi connectivity index (χ2n) is 5.41. The zero-order valence-electron chi connectivity index (χ0n) is 11.5. The molecule has 4 heteroatoms. The lowest BCUT2D eigenvalue weighted by atomic mass is 9.81. The summed E-state index contributed by atoms with van der Waals surface area (Å²) >= 11 is 0. The number of carbonyl (C=O) groups is 1. The van der Waals surface area contributed by atoms with E-state index in [1.54, 1.807) is 0 Å². The van der Waals surface area contributed by atoms with Crippen LogP contribution in [0.25, 0.3) is 0 Å². The van der Waals surface area contributed by atoms with Crippen molar-refractivity contribution in [3.05, 3.63) is 30.1 Å². The number of carboxylic acid groups (broad SMARTS) is 1. The van der Waals surface area contributed by atoms with Crippen molar-refractivity contribution < 1.29 is 9.90 Å². The zero-order chi connectivity index (χ0) is 13.7. The van der Waals surface area contributed by atoms with Crippen molar-refractivity contribution in [2.75, 3.05) is 13.1 Å². The first-order valence-electron chi connectivity index (χ1n) is 7.02. The number of hydrogen-bond donors (Lipinski definition) is 1. The van der Waals surface area contributed by atoms with E-state index in [1.807, 2.05) is 24.5 Å². The molecular weight excluding hydrogens is 240 g/mol. The molecule has 4 nitrogen and oxygen atoms in total. The summed E-state index contributed by atoms with van der Waals surface area (Å²) in [5, 5.41) is 8.96. The Kier molecular flexibility index (Phi) is 4.91. The lowest BCUT2D eigenvalue weighted by Gasteiger charge is -2.37. The first-order chi connectivity index (χ1) is 9.19. The third kappa shape index (κ3) is 4.03. The third-order valence-electron chi connectivity index (χ3n) is 4.09. The van der Waals surface area contributed by atoms with Crippen LogP contribution in [-0.4, -0.2) is 34.0 Å². The Morgan fingerprint density at radius 2 is 2.16 bits per heavy atom. The van der Waals surface area contributed by atoms with E-state index in [2.05, 4.69) is 16.8 Å². The minimum atomic E-state index is -0.661. The SMILES string of the molecule is CC[C@@H]1CN(Cc2ccncc2)CC[C@H]1CC(=O)O. The first kappa shape index (κ1) is 14.0. The van der Waals surface area contributed by atoms with Gasteiger partial charge in [-0.3, -0.25) is 14.7 Å². The van der Waals surface area contributed by atoms with Gasteiger partial charge in [-0.2, -0.15) is 0 Å². The second kappa shape index (κ2) is 6.66. The molecule has 0 amide bonds. The van der Waals surface area contributed by atoms with E-state index in [0.29, 0.717) is 18.3 Å². The molecule has 0 bridgehead atoms. The molecule has 1 aliphatic rings. The molecule has 2 atom stereocenters. The standard InChI is InChI=1S/C15H22N2O2/c1-2-13-11-17(8-5-14(13)9-15(18)19)10-12-3-6-16-7-4-12/h3-4,6-7,13-14H,2,5,8-11H2,1H3,(H,18,19)/t13-,14+/m1/s1. The number of aromatic nitrogens is 1. The van der Waals surface area contributed by atoms with Crippen molar-refractivity contribution in [1.29, 1.82) is 0 Å². The van der Waals surface area contributed by atoms with Gasteiger partial charge in [0, 0.05) is 31.9 Å². The molecule has 0 saturated carbocycles. The summed E-state index contributed by atoms with van der Waals surface area (Å²) in [7, 11) is 0. The Morgan fingerprint density at radius 1 is 1.42 bits per heavy atom. The van der Waals surface area contributed by atoms with Crippen molar-refractivity contribution in [3.63, 3.8) is 0 Å². The molecule has 0 aliphatic carbocycles. The van der Waals surface area contributed by atoms with Crippen LogP contribution in [0.4, 0.5) is 0 Å². The Labute approximate surface area is 114 Å². The smallest absolute Gasteiger partial charge is 0.303 e. The largest absolute Gasteiger partial charge is 0.481 e. The van der Waals surface area contributed by atoms with Gasteiger partial charge in [0.1, 0.15) is 0 Å². The molecule has 1 fully saturated rings. The van der Waals surface area contributed by atoms with E-state index >= 15 is 0 Å². The van der Waals surface area contributed by atoms with Gasteiger partial charge in [-0.25, -0.2) is 0 Å². The van der Waals surface area contributed by atoms with Gasteiger partial charge in [0.25, 0.3) is 0 Å². The van der Waals surface area contributed by atoms with Gasteiger partial charge in [-0.15, -0.1) is 0 Å². The fourth-order valence-corrected chi connectivity index (χ4v) is 3.00. The van der Waals surface area contributed by atoms with Crippen LogP contribution < -0.4 is 0 Å². The molecular formula is C15H22N2O2. The lowest BCUT2D eigenvalue weighted by Crippen LogP contribution is -2.40. The number of carboxylic acids is 1. The van der Waals surface area contributed by atoms with Gasteiger partial charge in [0.15, 0.2) is 0 Å². The summed E-state index contributed by atoms with van der Waals surface area (Å²) in [6.07, 6.45) is 6.02. The molecule has 0 spiro atoms. The van der Waals surface area contributed by atoms with Crippen molar-refractivity contribution in [3.8, 4) is 0 Å². The molecule has 19 heavy (non-hydrogen) atoms. The highest BCUT2D eigenvalue weighted by atomic mass is 16.4. The summed E-state index contributed by atoms with van der Waals surface area (Å²) in [6, 6.07) is 4.09. The van der Waals surface area contributed by atoms with Crippen LogP contribution in [0.3, 0.4) is 0 Å². The van der Waals surface area contributed by atoms with Gasteiger partial charge in [-0.05, 0) is 42.5 Å².